The van der Waals surface area contributed by atoms with Crippen molar-refractivity contribution in [1.82, 2.24) is 9.97 Å². The first kappa shape index (κ1) is 24.3. The minimum Gasteiger partial charge on any atom is -0.383 e. The molecule has 0 bridgehead atoms. The van der Waals surface area contributed by atoms with Gasteiger partial charge in [0.05, 0.1) is 11.7 Å². The number of aliphatic imine (C=N–C) groups is 1. The summed E-state index contributed by atoms with van der Waals surface area (Å²) in [6, 6.07) is 9.69. The highest BCUT2D eigenvalue weighted by Crippen LogP contribution is 2.41. The molecule has 0 spiro atoms. The summed E-state index contributed by atoms with van der Waals surface area (Å²) in [5.41, 5.74) is 10.4. The van der Waals surface area contributed by atoms with Crippen molar-refractivity contribution in [1.29, 1.82) is 0 Å². The lowest BCUT2D eigenvalue weighted by Crippen LogP contribution is -2.23. The number of amidine groups is 1. The van der Waals surface area contributed by atoms with Crippen molar-refractivity contribution in [2.45, 2.75) is 40.7 Å². The molecule has 180 valence electrons. The molecule has 0 radical (unpaired) electrons. The van der Waals surface area contributed by atoms with Gasteiger partial charge in [0.15, 0.2) is 0 Å². The second-order valence-electron chi connectivity index (χ2n) is 9.12. The number of rotatable bonds is 5. The third kappa shape index (κ3) is 4.58. The Kier molecular flexibility index (Phi) is 6.52. The second kappa shape index (κ2) is 9.41. The fourth-order valence-corrected chi connectivity index (χ4v) is 3.92. The highest BCUT2D eigenvalue weighted by molar-refractivity contribution is 5.99. The lowest BCUT2D eigenvalue weighted by molar-refractivity contribution is 0.531. The third-order valence-corrected chi connectivity index (χ3v) is 6.24. The van der Waals surface area contributed by atoms with E-state index in [1.165, 1.54) is 23.1 Å². The van der Waals surface area contributed by atoms with E-state index in [4.69, 9.17) is 10.7 Å². The number of aryl methyl sites for hydroxylation is 2. The van der Waals surface area contributed by atoms with Crippen molar-refractivity contribution < 1.29 is 8.78 Å². The Morgan fingerprint density at radius 1 is 1.03 bits per heavy atom. The number of anilines is 2. The maximum atomic E-state index is 14.8. The predicted molar refractivity (Wildman–Crippen MR) is 139 cm³/mol. The number of benzene rings is 2. The number of nitrogens with zero attached hydrogens (tertiary/aromatic N) is 4. The molecule has 0 aliphatic carbocycles. The molecule has 0 amide bonds. The Bertz CT molecular complexity index is 1350. The Morgan fingerprint density at radius 2 is 1.71 bits per heavy atom. The zero-order valence-corrected chi connectivity index (χ0v) is 20.6. The third-order valence-electron chi connectivity index (χ3n) is 6.24. The normalized spacial score (nSPS) is 14.5. The Labute approximate surface area is 204 Å². The van der Waals surface area contributed by atoms with Crippen LogP contribution in [0.25, 0.3) is 17.3 Å². The summed E-state index contributed by atoms with van der Waals surface area (Å²) < 4.78 is 29.6. The minimum absolute atomic E-state index is 0.0759. The summed E-state index contributed by atoms with van der Waals surface area (Å²) in [6.07, 6.45) is 3.53. The maximum absolute atomic E-state index is 14.8. The molecule has 1 aromatic heterocycles. The summed E-state index contributed by atoms with van der Waals surface area (Å²) in [4.78, 5) is 15.3. The molecule has 3 aromatic rings. The van der Waals surface area contributed by atoms with E-state index in [9.17, 15) is 8.78 Å². The molecule has 1 unspecified atom stereocenters. The molecule has 5 nitrogen and oxygen atoms in total. The average Bonchev–Trinajstić information content (AvgIpc) is 2.80. The lowest BCUT2D eigenvalue weighted by atomic mass is 9.96. The van der Waals surface area contributed by atoms with E-state index in [-0.39, 0.29) is 11.7 Å². The van der Waals surface area contributed by atoms with Gasteiger partial charge in [-0.15, -0.1) is 0 Å². The van der Waals surface area contributed by atoms with Crippen LogP contribution < -0.4 is 10.6 Å². The van der Waals surface area contributed by atoms with Crippen molar-refractivity contribution in [3.8, 4) is 11.3 Å². The first-order valence-corrected chi connectivity index (χ1v) is 11.5. The topological polar surface area (TPSA) is 67.4 Å². The molecular weight excluding hydrogens is 444 g/mol. The van der Waals surface area contributed by atoms with E-state index in [0.717, 1.165) is 16.7 Å². The van der Waals surface area contributed by atoms with Crippen molar-refractivity contribution in [2.24, 2.45) is 16.6 Å². The molecule has 2 N–H and O–H groups in total. The van der Waals surface area contributed by atoms with Crippen molar-refractivity contribution >= 4 is 23.4 Å². The summed E-state index contributed by atoms with van der Waals surface area (Å²) in [5, 5.41) is 0. The molecule has 0 saturated carbocycles. The maximum Gasteiger partial charge on any atom is 0.150 e. The zero-order chi connectivity index (χ0) is 25.4. The number of nitrogens with two attached hydrogens (primary N) is 1. The molecule has 0 saturated heterocycles. The van der Waals surface area contributed by atoms with Gasteiger partial charge in [-0.1, -0.05) is 38.6 Å². The van der Waals surface area contributed by atoms with Gasteiger partial charge < -0.3 is 5.73 Å². The van der Waals surface area contributed by atoms with Gasteiger partial charge in [-0.3, -0.25) is 9.89 Å². The largest absolute Gasteiger partial charge is 0.383 e. The summed E-state index contributed by atoms with van der Waals surface area (Å²) in [5.74, 6) is 0.231. The summed E-state index contributed by atoms with van der Waals surface area (Å²) in [7, 11) is 0. The van der Waals surface area contributed by atoms with Crippen molar-refractivity contribution in [3.63, 3.8) is 0 Å². The van der Waals surface area contributed by atoms with Crippen molar-refractivity contribution in [3.05, 3.63) is 88.9 Å². The monoisotopic (exact) mass is 473 g/mol. The molecule has 1 aliphatic rings. The molecule has 7 heteroatoms. The van der Waals surface area contributed by atoms with E-state index in [0.29, 0.717) is 40.4 Å². The van der Waals surface area contributed by atoms with Crippen LogP contribution in [0.5, 0.6) is 0 Å². The number of aromatic nitrogens is 2. The van der Waals surface area contributed by atoms with Gasteiger partial charge in [0.25, 0.3) is 0 Å². The van der Waals surface area contributed by atoms with Gasteiger partial charge in [-0.05, 0) is 62.6 Å². The predicted octanol–water partition coefficient (Wildman–Crippen LogP) is 6.47. The van der Waals surface area contributed by atoms with Crippen LogP contribution >= 0.6 is 0 Å². The first-order chi connectivity index (χ1) is 16.6. The number of hydrogen-bond donors (Lipinski definition) is 1. The molecule has 2 aromatic carbocycles. The van der Waals surface area contributed by atoms with E-state index in [1.807, 2.05) is 38.1 Å². The second-order valence-corrected chi connectivity index (χ2v) is 9.12. The molecular formula is C28H29F2N5. The fourth-order valence-electron chi connectivity index (χ4n) is 3.92. The standard InChI is InChI=1S/C28H29F2N5/c1-15(2)18(5)32-27(31)20-12-10-16(3)22(14-20)25-21-13-11-17(4)35(28(21)34-19(6)33-25)26-23(29)8-7-9-24(26)30/h7-15,18H,4H2,1-3,5-6H3,(H2,31,32). The fraction of sp³-hybridized carbons (Fsp3) is 0.250. The van der Waals surface area contributed by atoms with E-state index >= 15 is 0 Å². The molecule has 0 fully saturated rings. The lowest BCUT2D eigenvalue weighted by Gasteiger charge is -2.30. The Morgan fingerprint density at radius 3 is 2.37 bits per heavy atom. The number of para-hydroxylation sites is 1. The Balaban J connectivity index is 1.91. The van der Waals surface area contributed by atoms with Gasteiger partial charge in [0.1, 0.15) is 34.8 Å². The van der Waals surface area contributed by atoms with Gasteiger partial charge in [-0.25, -0.2) is 18.7 Å². The highest BCUT2D eigenvalue weighted by Gasteiger charge is 2.28. The number of allylic oxidation sites excluding steroid dienone is 1. The molecule has 1 atom stereocenters. The first-order valence-electron chi connectivity index (χ1n) is 11.5. The van der Waals surface area contributed by atoms with Gasteiger partial charge in [-0.2, -0.15) is 0 Å². The smallest absolute Gasteiger partial charge is 0.150 e. The summed E-state index contributed by atoms with van der Waals surface area (Å²) >= 11 is 0. The average molecular weight is 474 g/mol. The van der Waals surface area contributed by atoms with E-state index < -0.39 is 11.6 Å². The van der Waals surface area contributed by atoms with Crippen LogP contribution in [-0.2, 0) is 0 Å². The number of hydrogen-bond acceptors (Lipinski definition) is 4. The zero-order valence-electron chi connectivity index (χ0n) is 20.6. The van der Waals surface area contributed by atoms with Crippen LogP contribution in [0.4, 0.5) is 20.3 Å². The molecule has 2 heterocycles. The van der Waals surface area contributed by atoms with E-state index in [2.05, 4.69) is 30.4 Å². The van der Waals surface area contributed by atoms with Crippen LogP contribution in [-0.4, -0.2) is 21.8 Å². The Hall–Kier alpha value is -3.87. The van der Waals surface area contributed by atoms with Crippen molar-refractivity contribution in [2.75, 3.05) is 4.90 Å². The van der Waals surface area contributed by atoms with E-state index in [1.54, 1.807) is 13.0 Å². The number of halogens is 2. The van der Waals surface area contributed by atoms with Gasteiger partial charge in [0, 0.05) is 22.4 Å². The van der Waals surface area contributed by atoms with Crippen LogP contribution in [0.1, 0.15) is 43.3 Å². The van der Waals surface area contributed by atoms with Gasteiger partial charge in [0.2, 0.25) is 0 Å². The van der Waals surface area contributed by atoms with Crippen LogP contribution in [0.15, 0.2) is 59.7 Å². The van der Waals surface area contributed by atoms with Crippen LogP contribution in [0.3, 0.4) is 0 Å². The molecule has 35 heavy (non-hydrogen) atoms. The quantitative estimate of drug-likeness (QED) is 0.341. The molecule has 1 aliphatic heterocycles. The molecule has 4 rings (SSSR count). The van der Waals surface area contributed by atoms with Crippen LogP contribution in [0.2, 0.25) is 0 Å². The highest BCUT2D eigenvalue weighted by atomic mass is 19.1. The summed E-state index contributed by atoms with van der Waals surface area (Å²) in [6.45, 7) is 14.0. The SMILES string of the molecule is C=C1C=Cc2c(-c3cc(C(N)=NC(C)C(C)C)ccc3C)nc(C)nc2N1c1c(F)cccc1F. The number of fused-ring (bicyclic) bond motifs is 1. The van der Waals surface area contributed by atoms with Gasteiger partial charge >= 0.3 is 0 Å². The van der Waals surface area contributed by atoms with Crippen LogP contribution in [0, 0.1) is 31.4 Å². The minimum atomic E-state index is -0.702.